The van der Waals surface area contributed by atoms with Gasteiger partial charge >= 0.3 is 0 Å². The molecule has 2 aromatic heterocycles. The molecule has 32 heavy (non-hydrogen) atoms. The molecule has 0 amide bonds. The average Bonchev–Trinajstić information content (AvgIpc) is 3.34. The molecule has 0 saturated heterocycles. The Labute approximate surface area is 207 Å². The summed E-state index contributed by atoms with van der Waals surface area (Å²) >= 11 is 25.9. The smallest absolute Gasteiger partial charge is 0.252 e. The SMILES string of the molecule is Clc1ccc(C=Nn2c3ccccc3n3c(SCc4ccc(Cl)c(Cl)c4)nnc23)cc1Cl. The highest BCUT2D eigenvalue weighted by Gasteiger charge is 2.17. The van der Waals surface area contributed by atoms with Crippen LogP contribution in [-0.2, 0) is 5.75 Å². The van der Waals surface area contributed by atoms with E-state index in [9.17, 15) is 0 Å². The largest absolute Gasteiger partial charge is 0.258 e. The predicted molar refractivity (Wildman–Crippen MR) is 134 cm³/mol. The summed E-state index contributed by atoms with van der Waals surface area (Å²) in [6.45, 7) is 0. The van der Waals surface area contributed by atoms with E-state index in [0.29, 0.717) is 31.6 Å². The van der Waals surface area contributed by atoms with Gasteiger partial charge in [0.05, 0.1) is 37.3 Å². The van der Waals surface area contributed by atoms with Gasteiger partial charge in [0.1, 0.15) is 0 Å². The first-order chi connectivity index (χ1) is 15.5. The highest BCUT2D eigenvalue weighted by atomic mass is 35.5. The maximum absolute atomic E-state index is 6.15. The number of halogens is 4. The van der Waals surface area contributed by atoms with E-state index in [1.165, 1.54) is 0 Å². The second-order valence-electron chi connectivity index (χ2n) is 6.87. The van der Waals surface area contributed by atoms with Crippen molar-refractivity contribution in [1.82, 2.24) is 19.3 Å². The Balaban J connectivity index is 1.53. The van der Waals surface area contributed by atoms with Crippen LogP contribution in [0, 0.1) is 0 Å². The lowest BCUT2D eigenvalue weighted by Gasteiger charge is -2.02. The number of rotatable bonds is 5. The molecule has 0 spiro atoms. The molecule has 0 atom stereocenters. The minimum absolute atomic E-state index is 0.474. The number of aromatic nitrogens is 4. The van der Waals surface area contributed by atoms with Gasteiger partial charge in [-0.2, -0.15) is 9.78 Å². The van der Waals surface area contributed by atoms with Gasteiger partial charge in [-0.25, -0.2) is 0 Å². The van der Waals surface area contributed by atoms with Crippen molar-refractivity contribution in [2.24, 2.45) is 5.10 Å². The summed E-state index contributed by atoms with van der Waals surface area (Å²) in [7, 11) is 0. The Morgan fingerprint density at radius 1 is 0.812 bits per heavy atom. The normalized spacial score (nSPS) is 11.9. The third kappa shape index (κ3) is 4.09. The molecule has 0 saturated carbocycles. The van der Waals surface area contributed by atoms with Crippen molar-refractivity contribution in [3.63, 3.8) is 0 Å². The van der Waals surface area contributed by atoms with Crippen LogP contribution >= 0.6 is 58.2 Å². The molecule has 3 aromatic carbocycles. The van der Waals surface area contributed by atoms with Crippen molar-refractivity contribution >= 4 is 81.2 Å². The van der Waals surface area contributed by atoms with Crippen LogP contribution in [0.3, 0.4) is 0 Å². The van der Waals surface area contributed by atoms with E-state index in [1.807, 2.05) is 46.9 Å². The fourth-order valence-electron chi connectivity index (χ4n) is 3.25. The number of hydrogen-bond donors (Lipinski definition) is 0. The number of thioether (sulfide) groups is 1. The lowest BCUT2D eigenvalue weighted by atomic mass is 10.2. The molecular formula is C22H13Cl4N5S. The summed E-state index contributed by atoms with van der Waals surface area (Å²) in [6, 6.07) is 18.9. The number of hydrogen-bond acceptors (Lipinski definition) is 4. The lowest BCUT2D eigenvalue weighted by molar-refractivity contribution is 0.922. The minimum atomic E-state index is 0.474. The maximum Gasteiger partial charge on any atom is 0.258 e. The van der Waals surface area contributed by atoms with Crippen molar-refractivity contribution in [3.8, 4) is 0 Å². The third-order valence-corrected chi connectivity index (χ3v) is 7.25. The van der Waals surface area contributed by atoms with E-state index in [0.717, 1.165) is 27.3 Å². The molecule has 5 nitrogen and oxygen atoms in total. The highest BCUT2D eigenvalue weighted by Crippen LogP contribution is 2.30. The highest BCUT2D eigenvalue weighted by molar-refractivity contribution is 7.98. The summed E-state index contributed by atoms with van der Waals surface area (Å²) in [5.41, 5.74) is 3.73. The minimum Gasteiger partial charge on any atom is -0.252 e. The van der Waals surface area contributed by atoms with Gasteiger partial charge in [0.2, 0.25) is 0 Å². The third-order valence-electron chi connectivity index (χ3n) is 4.77. The average molecular weight is 521 g/mol. The maximum atomic E-state index is 6.15. The van der Waals surface area contributed by atoms with E-state index in [1.54, 1.807) is 40.9 Å². The second kappa shape index (κ2) is 8.96. The fraction of sp³-hybridized carbons (Fsp3) is 0.0455. The first kappa shape index (κ1) is 21.6. The molecule has 0 aliphatic rings. The van der Waals surface area contributed by atoms with Crippen LogP contribution in [0.5, 0.6) is 0 Å². The Morgan fingerprint density at radius 2 is 1.53 bits per heavy atom. The molecule has 0 aliphatic carbocycles. The van der Waals surface area contributed by atoms with E-state index in [2.05, 4.69) is 15.3 Å². The number of imidazole rings is 1. The van der Waals surface area contributed by atoms with Crippen molar-refractivity contribution in [2.75, 3.05) is 0 Å². The number of fused-ring (bicyclic) bond motifs is 3. The molecule has 0 radical (unpaired) electrons. The monoisotopic (exact) mass is 519 g/mol. The van der Waals surface area contributed by atoms with Crippen molar-refractivity contribution in [2.45, 2.75) is 10.9 Å². The van der Waals surface area contributed by atoms with Crippen LogP contribution in [0.25, 0.3) is 16.8 Å². The molecule has 0 fully saturated rings. The van der Waals surface area contributed by atoms with Crippen LogP contribution in [0.2, 0.25) is 20.1 Å². The first-order valence-corrected chi connectivity index (χ1v) is 11.9. The van der Waals surface area contributed by atoms with Crippen LogP contribution in [0.15, 0.2) is 70.9 Å². The summed E-state index contributed by atoms with van der Waals surface area (Å²) in [5, 5.41) is 16.2. The van der Waals surface area contributed by atoms with E-state index >= 15 is 0 Å². The summed E-state index contributed by atoms with van der Waals surface area (Å²) in [4.78, 5) is 0. The standard InChI is InChI=1S/C22H13Cl4N5S/c23-15-7-5-13(9-17(15)25)11-27-31-20-4-2-1-3-19(20)30-21(31)28-29-22(30)32-12-14-6-8-16(24)18(26)10-14/h1-11H,12H2. The number of nitrogens with zero attached hydrogens (tertiary/aromatic N) is 5. The van der Waals surface area contributed by atoms with Gasteiger partial charge in [-0.15, -0.1) is 10.2 Å². The zero-order chi connectivity index (χ0) is 22.2. The topological polar surface area (TPSA) is 47.5 Å². The molecule has 10 heteroatoms. The molecule has 5 aromatic rings. The summed E-state index contributed by atoms with van der Waals surface area (Å²) in [6.07, 6.45) is 1.71. The lowest BCUT2D eigenvalue weighted by Crippen LogP contribution is -1.92. The molecule has 0 aliphatic heterocycles. The van der Waals surface area contributed by atoms with Crippen LogP contribution in [-0.4, -0.2) is 25.5 Å². The van der Waals surface area contributed by atoms with Gasteiger partial charge in [-0.1, -0.05) is 82.4 Å². The van der Waals surface area contributed by atoms with E-state index < -0.39 is 0 Å². The molecular weight excluding hydrogens is 508 g/mol. The molecule has 0 N–H and O–H groups in total. The van der Waals surface area contributed by atoms with Gasteiger partial charge in [0.15, 0.2) is 5.16 Å². The number of para-hydroxylation sites is 2. The van der Waals surface area contributed by atoms with E-state index in [4.69, 9.17) is 46.4 Å². The quantitative estimate of drug-likeness (QED) is 0.178. The second-order valence-corrected chi connectivity index (χ2v) is 9.45. The Kier molecular flexibility index (Phi) is 6.05. The van der Waals surface area contributed by atoms with Crippen LogP contribution in [0.1, 0.15) is 11.1 Å². The Bertz CT molecular complexity index is 1490. The van der Waals surface area contributed by atoms with Crippen LogP contribution < -0.4 is 0 Å². The number of benzene rings is 3. The Morgan fingerprint density at radius 3 is 2.28 bits per heavy atom. The first-order valence-electron chi connectivity index (χ1n) is 9.42. The molecule has 0 bridgehead atoms. The fourth-order valence-corrected chi connectivity index (χ4v) is 4.76. The molecule has 160 valence electrons. The zero-order valence-electron chi connectivity index (χ0n) is 16.2. The van der Waals surface area contributed by atoms with Crippen molar-refractivity contribution in [1.29, 1.82) is 0 Å². The predicted octanol–water partition coefficient (Wildman–Crippen LogP) is 7.47. The van der Waals surface area contributed by atoms with Crippen molar-refractivity contribution in [3.05, 3.63) is 91.9 Å². The summed E-state index contributed by atoms with van der Waals surface area (Å²) in [5.74, 6) is 1.28. The van der Waals surface area contributed by atoms with Gasteiger partial charge in [-0.3, -0.25) is 4.40 Å². The van der Waals surface area contributed by atoms with Gasteiger partial charge in [0, 0.05) is 5.75 Å². The molecule has 2 heterocycles. The molecule has 0 unspecified atom stereocenters. The van der Waals surface area contributed by atoms with Crippen LogP contribution in [0.4, 0.5) is 0 Å². The molecule has 5 rings (SSSR count). The van der Waals surface area contributed by atoms with Gasteiger partial charge < -0.3 is 0 Å². The van der Waals surface area contributed by atoms with Gasteiger partial charge in [0.25, 0.3) is 5.78 Å². The summed E-state index contributed by atoms with van der Waals surface area (Å²) < 4.78 is 3.75. The van der Waals surface area contributed by atoms with Crippen molar-refractivity contribution < 1.29 is 0 Å². The van der Waals surface area contributed by atoms with E-state index in [-0.39, 0.29) is 0 Å². The van der Waals surface area contributed by atoms with Gasteiger partial charge in [-0.05, 0) is 47.5 Å². The Hall–Kier alpha value is -2.22. The zero-order valence-corrected chi connectivity index (χ0v) is 20.1.